The number of sulfone groups is 1. The Hall–Kier alpha value is -4.15. The quantitative estimate of drug-likeness (QED) is 0.129. The molecular formula is C26H27N5O7S3. The molecule has 0 saturated heterocycles. The summed E-state index contributed by atoms with van der Waals surface area (Å²) in [6.07, 6.45) is -1.79. The summed E-state index contributed by atoms with van der Waals surface area (Å²) in [5.41, 5.74) is 12.1. The molecule has 41 heavy (non-hydrogen) atoms. The van der Waals surface area contributed by atoms with Crippen molar-refractivity contribution in [3.63, 3.8) is 0 Å². The molecule has 216 valence electrons. The summed E-state index contributed by atoms with van der Waals surface area (Å²) in [4.78, 5) is -0.584. The number of aliphatic hydroxyl groups excluding tert-OH is 1. The second-order valence-electron chi connectivity index (χ2n) is 8.84. The van der Waals surface area contributed by atoms with Crippen LogP contribution in [-0.4, -0.2) is 43.1 Å². The van der Waals surface area contributed by atoms with Gasteiger partial charge in [0.15, 0.2) is 6.23 Å². The van der Waals surface area contributed by atoms with Gasteiger partial charge in [0.25, 0.3) is 10.0 Å². The Labute approximate surface area is 238 Å². The van der Waals surface area contributed by atoms with E-state index in [4.69, 9.17) is 16.6 Å². The highest BCUT2D eigenvalue weighted by atomic mass is 32.2. The fourth-order valence-corrected chi connectivity index (χ4v) is 7.36. The predicted molar refractivity (Wildman–Crippen MR) is 156 cm³/mol. The molecule has 0 aromatic heterocycles. The third kappa shape index (κ3) is 6.44. The molecule has 0 aliphatic carbocycles. The SMILES string of the molecule is Nc1ccc(S(=O)(=O)c2ccccc2NCC(O)N(c2ccc(S(N)(=O)=O)cc2)S(=O)(=O)c2ccc(N)cc2)cc1. The van der Waals surface area contributed by atoms with Crippen molar-refractivity contribution in [1.82, 2.24) is 0 Å². The molecule has 0 fully saturated rings. The summed E-state index contributed by atoms with van der Waals surface area (Å²) < 4.78 is 78.1. The molecule has 0 saturated carbocycles. The van der Waals surface area contributed by atoms with Gasteiger partial charge in [-0.15, -0.1) is 0 Å². The zero-order valence-corrected chi connectivity index (χ0v) is 23.8. The second-order valence-corrected chi connectivity index (χ2v) is 14.1. The van der Waals surface area contributed by atoms with Crippen LogP contribution in [0.1, 0.15) is 0 Å². The minimum absolute atomic E-state index is 0.0102. The number of hydrogen-bond donors (Lipinski definition) is 5. The highest BCUT2D eigenvalue weighted by molar-refractivity contribution is 7.93. The van der Waals surface area contributed by atoms with E-state index in [0.717, 1.165) is 12.1 Å². The first-order valence-electron chi connectivity index (χ1n) is 11.9. The zero-order chi connectivity index (χ0) is 30.0. The summed E-state index contributed by atoms with van der Waals surface area (Å²) in [7, 11) is -12.5. The molecule has 8 N–H and O–H groups in total. The van der Waals surface area contributed by atoms with Gasteiger partial charge in [0.2, 0.25) is 19.9 Å². The zero-order valence-electron chi connectivity index (χ0n) is 21.3. The van der Waals surface area contributed by atoms with Crippen LogP contribution in [0.2, 0.25) is 0 Å². The standard InChI is InChI=1S/C26H27N5O7S3/c27-18-5-11-21(12-6-18)39(33,34)25-4-2-1-3-24(25)30-17-26(32)31(20-9-15-22(16-10-20)40(29,35)36)41(37,38)23-13-7-19(28)8-14-23/h1-16,26,30,32H,17,27-28H2,(H2,29,35,36). The molecule has 4 aromatic rings. The normalized spacial score (nSPS) is 12.9. The second kappa shape index (κ2) is 11.4. The Morgan fingerprint density at radius 3 is 1.71 bits per heavy atom. The van der Waals surface area contributed by atoms with Gasteiger partial charge in [-0.3, -0.25) is 0 Å². The maximum atomic E-state index is 13.7. The number of sulfonamides is 2. The molecule has 0 amide bonds. The molecular weight excluding hydrogens is 591 g/mol. The first-order chi connectivity index (χ1) is 19.2. The lowest BCUT2D eigenvalue weighted by molar-refractivity contribution is 0.199. The van der Waals surface area contributed by atoms with E-state index in [-0.39, 0.29) is 31.0 Å². The summed E-state index contributed by atoms with van der Waals surface area (Å²) >= 11 is 0. The monoisotopic (exact) mass is 617 g/mol. The van der Waals surface area contributed by atoms with E-state index in [1.807, 2.05) is 0 Å². The van der Waals surface area contributed by atoms with Crippen LogP contribution in [0.4, 0.5) is 22.7 Å². The molecule has 1 atom stereocenters. The van der Waals surface area contributed by atoms with Crippen LogP contribution in [0.3, 0.4) is 0 Å². The molecule has 0 heterocycles. The van der Waals surface area contributed by atoms with Crippen LogP contribution in [-0.2, 0) is 29.9 Å². The molecule has 4 aromatic carbocycles. The molecule has 0 spiro atoms. The van der Waals surface area contributed by atoms with Gasteiger partial charge in [0.1, 0.15) is 0 Å². The number of aliphatic hydroxyl groups is 1. The first-order valence-corrected chi connectivity index (χ1v) is 16.3. The lowest BCUT2D eigenvalue weighted by atomic mass is 10.3. The molecule has 12 nitrogen and oxygen atoms in total. The topological polar surface area (TPSA) is 216 Å². The van der Waals surface area contributed by atoms with Gasteiger partial charge in [0.05, 0.1) is 37.5 Å². The van der Waals surface area contributed by atoms with Gasteiger partial charge in [-0.25, -0.2) is 34.7 Å². The Kier molecular flexibility index (Phi) is 8.28. The number of nitrogen functional groups attached to an aromatic ring is 2. The summed E-state index contributed by atoms with van der Waals surface area (Å²) in [6.45, 7) is -0.459. The van der Waals surface area contributed by atoms with E-state index in [0.29, 0.717) is 15.7 Å². The molecule has 4 rings (SSSR count). The smallest absolute Gasteiger partial charge is 0.266 e. The Bertz CT molecular complexity index is 1860. The van der Waals surface area contributed by atoms with E-state index in [1.54, 1.807) is 6.07 Å². The van der Waals surface area contributed by atoms with Crippen LogP contribution in [0.5, 0.6) is 0 Å². The van der Waals surface area contributed by atoms with E-state index in [1.165, 1.54) is 78.9 Å². The van der Waals surface area contributed by atoms with Crippen LogP contribution in [0, 0.1) is 0 Å². The number of nitrogens with two attached hydrogens (primary N) is 3. The summed E-state index contributed by atoms with van der Waals surface area (Å²) in [6, 6.07) is 21.4. The fourth-order valence-electron chi connectivity index (χ4n) is 3.91. The van der Waals surface area contributed by atoms with Crippen molar-refractivity contribution in [2.75, 3.05) is 27.6 Å². The van der Waals surface area contributed by atoms with Crippen LogP contribution in [0.25, 0.3) is 0 Å². The number of hydrogen-bond acceptors (Lipinski definition) is 10. The average Bonchev–Trinajstić information content (AvgIpc) is 2.92. The van der Waals surface area contributed by atoms with Gasteiger partial charge in [0, 0.05) is 11.4 Å². The van der Waals surface area contributed by atoms with Crippen molar-refractivity contribution < 1.29 is 30.4 Å². The van der Waals surface area contributed by atoms with Gasteiger partial charge in [-0.05, 0) is 84.9 Å². The van der Waals surface area contributed by atoms with Crippen molar-refractivity contribution in [3.05, 3.63) is 97.1 Å². The molecule has 0 radical (unpaired) electrons. The van der Waals surface area contributed by atoms with E-state index < -0.39 is 42.7 Å². The Morgan fingerprint density at radius 1 is 0.683 bits per heavy atom. The predicted octanol–water partition coefficient (Wildman–Crippen LogP) is 1.96. The maximum Gasteiger partial charge on any atom is 0.266 e. The summed E-state index contributed by atoms with van der Waals surface area (Å²) in [5, 5.41) is 19.2. The Balaban J connectivity index is 1.70. The molecule has 1 unspecified atom stereocenters. The lowest BCUT2D eigenvalue weighted by Gasteiger charge is -2.30. The number of nitrogens with zero attached hydrogens (tertiary/aromatic N) is 1. The number of para-hydroxylation sites is 1. The van der Waals surface area contributed by atoms with Gasteiger partial charge < -0.3 is 21.9 Å². The van der Waals surface area contributed by atoms with Crippen molar-refractivity contribution >= 4 is 52.6 Å². The highest BCUT2D eigenvalue weighted by Gasteiger charge is 2.32. The van der Waals surface area contributed by atoms with Gasteiger partial charge in [-0.2, -0.15) is 0 Å². The van der Waals surface area contributed by atoms with E-state index >= 15 is 0 Å². The number of primary sulfonamides is 1. The van der Waals surface area contributed by atoms with Crippen LogP contribution in [0.15, 0.2) is 117 Å². The third-order valence-electron chi connectivity index (χ3n) is 5.97. The fraction of sp³-hybridized carbons (Fsp3) is 0.0769. The van der Waals surface area contributed by atoms with Crippen molar-refractivity contribution in [2.45, 2.75) is 25.8 Å². The van der Waals surface area contributed by atoms with Gasteiger partial charge >= 0.3 is 0 Å². The van der Waals surface area contributed by atoms with E-state index in [2.05, 4.69) is 5.32 Å². The minimum atomic E-state index is -4.43. The van der Waals surface area contributed by atoms with Gasteiger partial charge in [-0.1, -0.05) is 12.1 Å². The number of nitrogens with one attached hydrogen (secondary N) is 1. The van der Waals surface area contributed by atoms with Crippen molar-refractivity contribution in [1.29, 1.82) is 0 Å². The lowest BCUT2D eigenvalue weighted by Crippen LogP contribution is -2.44. The molecule has 0 bridgehead atoms. The van der Waals surface area contributed by atoms with E-state index in [9.17, 15) is 30.4 Å². The average molecular weight is 618 g/mol. The maximum absolute atomic E-state index is 13.7. The number of anilines is 4. The van der Waals surface area contributed by atoms with Crippen molar-refractivity contribution in [2.24, 2.45) is 5.14 Å². The Morgan fingerprint density at radius 2 is 1.17 bits per heavy atom. The van der Waals surface area contributed by atoms with Crippen LogP contribution < -0.4 is 26.2 Å². The minimum Gasteiger partial charge on any atom is -0.399 e. The summed E-state index contributed by atoms with van der Waals surface area (Å²) in [5.74, 6) is 0. The number of benzene rings is 4. The first kappa shape index (κ1) is 29.8. The third-order valence-corrected chi connectivity index (χ3v) is 10.6. The van der Waals surface area contributed by atoms with Crippen LogP contribution >= 0.6 is 0 Å². The largest absolute Gasteiger partial charge is 0.399 e. The molecule has 15 heteroatoms. The van der Waals surface area contributed by atoms with Crippen molar-refractivity contribution in [3.8, 4) is 0 Å². The highest BCUT2D eigenvalue weighted by Crippen LogP contribution is 2.30. The molecule has 0 aliphatic rings. The number of rotatable bonds is 10. The molecule has 0 aliphatic heterocycles.